The summed E-state index contributed by atoms with van der Waals surface area (Å²) in [5.41, 5.74) is -1.64. The molecule has 112 valence electrons. The summed E-state index contributed by atoms with van der Waals surface area (Å²) >= 11 is 0. The van der Waals surface area contributed by atoms with Crippen molar-refractivity contribution < 1.29 is 31.5 Å². The van der Waals surface area contributed by atoms with Crippen LogP contribution in [0.25, 0.3) is 0 Å². The lowest BCUT2D eigenvalue weighted by Gasteiger charge is -2.15. The molecule has 0 spiro atoms. The second-order valence-electron chi connectivity index (χ2n) is 3.96. The van der Waals surface area contributed by atoms with Gasteiger partial charge in [0, 0.05) is 5.69 Å². The number of alkyl halides is 3. The van der Waals surface area contributed by atoms with E-state index < -0.39 is 38.7 Å². The summed E-state index contributed by atoms with van der Waals surface area (Å²) in [4.78, 5) is 9.54. The van der Waals surface area contributed by atoms with Crippen LogP contribution in [0, 0.1) is 0 Å². The Morgan fingerprint density at radius 3 is 2.35 bits per heavy atom. The van der Waals surface area contributed by atoms with Gasteiger partial charge in [-0.15, -0.1) is 0 Å². The van der Waals surface area contributed by atoms with Crippen LogP contribution in [0.2, 0.25) is 0 Å². The van der Waals surface area contributed by atoms with Gasteiger partial charge in [0.15, 0.2) is 0 Å². The Morgan fingerprint density at radius 1 is 1.40 bits per heavy atom. The van der Waals surface area contributed by atoms with E-state index in [2.05, 4.69) is 5.32 Å². The van der Waals surface area contributed by atoms with Gasteiger partial charge in [0.25, 0.3) is 0 Å². The van der Waals surface area contributed by atoms with Gasteiger partial charge in [-0.3, -0.25) is 4.79 Å². The number of rotatable bonds is 4. The van der Waals surface area contributed by atoms with Crippen LogP contribution in [0.4, 0.5) is 18.9 Å². The normalized spacial score (nSPS) is 13.8. The van der Waals surface area contributed by atoms with E-state index in [-0.39, 0.29) is 5.69 Å². The van der Waals surface area contributed by atoms with Crippen LogP contribution in [0.1, 0.15) is 12.5 Å². The number of hydrogen-bond acceptors (Lipinski definition) is 4. The molecule has 0 saturated heterocycles. The summed E-state index contributed by atoms with van der Waals surface area (Å²) in [5, 5.41) is 15.7. The number of primary sulfonamides is 1. The number of halogens is 3. The Morgan fingerprint density at radius 2 is 1.95 bits per heavy atom. The second kappa shape index (κ2) is 5.29. The number of anilines is 1. The zero-order chi connectivity index (χ0) is 15.7. The summed E-state index contributed by atoms with van der Waals surface area (Å²) in [6, 6.07) is 1.04. The minimum Gasteiger partial charge on any atom is -0.480 e. The van der Waals surface area contributed by atoms with Crippen LogP contribution in [0.5, 0.6) is 0 Å². The number of aliphatic carboxylic acids is 1. The maximum absolute atomic E-state index is 12.8. The molecular formula is C10H11F3N2O4S. The number of benzene rings is 1. The fourth-order valence-electron chi connectivity index (χ4n) is 1.40. The van der Waals surface area contributed by atoms with Crippen molar-refractivity contribution in [3.8, 4) is 0 Å². The summed E-state index contributed by atoms with van der Waals surface area (Å²) in [6.45, 7) is 1.23. The monoisotopic (exact) mass is 312 g/mol. The summed E-state index contributed by atoms with van der Waals surface area (Å²) < 4.78 is 60.6. The quantitative estimate of drug-likeness (QED) is 0.775. The van der Waals surface area contributed by atoms with Crippen LogP contribution >= 0.6 is 0 Å². The van der Waals surface area contributed by atoms with Gasteiger partial charge >= 0.3 is 12.1 Å². The van der Waals surface area contributed by atoms with Crippen LogP contribution in [0.15, 0.2) is 23.1 Å². The highest BCUT2D eigenvalue weighted by atomic mass is 32.2. The number of carboxylic acids is 1. The predicted molar refractivity (Wildman–Crippen MR) is 63.5 cm³/mol. The molecule has 0 heterocycles. The van der Waals surface area contributed by atoms with Gasteiger partial charge in [-0.25, -0.2) is 13.6 Å². The standard InChI is InChI=1S/C10H11F3N2O4S/c1-5(9(16)17)15-6-2-3-8(20(14,18)19)7(4-6)10(11,12)13/h2-5,15H,1H3,(H,16,17)(H2,14,18,19)/t5-/m0/s1. The molecule has 0 amide bonds. The lowest BCUT2D eigenvalue weighted by molar-refractivity contribution is -0.140. The average molecular weight is 312 g/mol. The van der Waals surface area contributed by atoms with Gasteiger partial charge < -0.3 is 10.4 Å². The first-order valence-corrected chi connectivity index (χ1v) is 6.71. The zero-order valence-electron chi connectivity index (χ0n) is 10.1. The van der Waals surface area contributed by atoms with Crippen molar-refractivity contribution in [3.63, 3.8) is 0 Å². The van der Waals surface area contributed by atoms with E-state index in [0.29, 0.717) is 12.1 Å². The number of sulfonamides is 1. The molecule has 1 rings (SSSR count). The fraction of sp³-hybridized carbons (Fsp3) is 0.300. The molecular weight excluding hydrogens is 301 g/mol. The van der Waals surface area contributed by atoms with Crippen LogP contribution in [-0.2, 0) is 21.0 Å². The summed E-state index contributed by atoms with van der Waals surface area (Å²) in [5.74, 6) is -1.27. The molecule has 0 bridgehead atoms. The summed E-state index contributed by atoms with van der Waals surface area (Å²) in [7, 11) is -4.54. The first kappa shape index (κ1) is 16.2. The molecule has 0 aliphatic rings. The van der Waals surface area contributed by atoms with E-state index in [1.54, 1.807) is 0 Å². The van der Waals surface area contributed by atoms with Crippen LogP contribution in [-0.4, -0.2) is 25.5 Å². The molecule has 0 unspecified atom stereocenters. The van der Waals surface area contributed by atoms with Gasteiger partial charge in [0.05, 0.1) is 10.5 Å². The van der Waals surface area contributed by atoms with Crippen molar-refractivity contribution in [1.29, 1.82) is 0 Å². The SMILES string of the molecule is C[C@H](Nc1ccc(S(N)(=O)=O)c(C(F)(F)F)c1)C(=O)O. The van der Waals surface area contributed by atoms with Crippen molar-refractivity contribution >= 4 is 21.7 Å². The van der Waals surface area contributed by atoms with E-state index >= 15 is 0 Å². The van der Waals surface area contributed by atoms with Gasteiger partial charge in [0.2, 0.25) is 10.0 Å². The smallest absolute Gasteiger partial charge is 0.417 e. The molecule has 0 fully saturated rings. The molecule has 0 aliphatic heterocycles. The molecule has 1 aromatic rings. The Hall–Kier alpha value is -1.81. The Bertz CT molecular complexity index is 628. The third-order valence-electron chi connectivity index (χ3n) is 2.35. The van der Waals surface area contributed by atoms with E-state index in [1.807, 2.05) is 0 Å². The van der Waals surface area contributed by atoms with Crippen molar-refractivity contribution in [2.75, 3.05) is 5.32 Å². The van der Waals surface area contributed by atoms with E-state index in [0.717, 1.165) is 6.07 Å². The van der Waals surface area contributed by atoms with Crippen molar-refractivity contribution in [2.24, 2.45) is 5.14 Å². The maximum atomic E-state index is 12.8. The lowest BCUT2D eigenvalue weighted by atomic mass is 10.2. The van der Waals surface area contributed by atoms with Crippen molar-refractivity contribution in [1.82, 2.24) is 0 Å². The molecule has 0 saturated carbocycles. The van der Waals surface area contributed by atoms with E-state index in [1.165, 1.54) is 6.92 Å². The molecule has 0 aliphatic carbocycles. The molecule has 0 radical (unpaired) electrons. The molecule has 0 aromatic heterocycles. The van der Waals surface area contributed by atoms with Crippen LogP contribution in [0.3, 0.4) is 0 Å². The Labute approximate surface area is 112 Å². The Balaban J connectivity index is 3.33. The Kier molecular flexibility index (Phi) is 4.30. The minimum absolute atomic E-state index is 0.181. The first-order chi connectivity index (χ1) is 8.93. The van der Waals surface area contributed by atoms with Gasteiger partial charge in [-0.2, -0.15) is 13.2 Å². The molecule has 4 N–H and O–H groups in total. The third-order valence-corrected chi connectivity index (χ3v) is 3.31. The van der Waals surface area contributed by atoms with Gasteiger partial charge in [0.1, 0.15) is 6.04 Å². The number of nitrogens with two attached hydrogens (primary N) is 1. The van der Waals surface area contributed by atoms with E-state index in [9.17, 15) is 26.4 Å². The van der Waals surface area contributed by atoms with E-state index in [4.69, 9.17) is 10.2 Å². The van der Waals surface area contributed by atoms with Gasteiger partial charge in [-0.05, 0) is 25.1 Å². The molecule has 1 atom stereocenters. The number of carbonyl (C=O) groups is 1. The van der Waals surface area contributed by atoms with Crippen molar-refractivity contribution in [3.05, 3.63) is 23.8 Å². The third kappa shape index (κ3) is 3.84. The zero-order valence-corrected chi connectivity index (χ0v) is 10.9. The second-order valence-corrected chi connectivity index (χ2v) is 5.49. The predicted octanol–water partition coefficient (Wildman–Crippen LogP) is 1.24. The first-order valence-electron chi connectivity index (χ1n) is 5.16. The topological polar surface area (TPSA) is 109 Å². The highest BCUT2D eigenvalue weighted by Gasteiger charge is 2.36. The van der Waals surface area contributed by atoms with Gasteiger partial charge in [-0.1, -0.05) is 0 Å². The molecule has 6 nitrogen and oxygen atoms in total. The maximum Gasteiger partial charge on any atom is 0.417 e. The van der Waals surface area contributed by atoms with Crippen molar-refractivity contribution in [2.45, 2.75) is 24.0 Å². The summed E-state index contributed by atoms with van der Waals surface area (Å²) in [6.07, 6.45) is -4.94. The largest absolute Gasteiger partial charge is 0.480 e. The number of hydrogen-bond donors (Lipinski definition) is 3. The fourth-order valence-corrected chi connectivity index (χ4v) is 2.14. The highest BCUT2D eigenvalue weighted by Crippen LogP contribution is 2.35. The average Bonchev–Trinajstić information content (AvgIpc) is 2.26. The highest BCUT2D eigenvalue weighted by molar-refractivity contribution is 7.89. The van der Waals surface area contributed by atoms with Crippen LogP contribution < -0.4 is 10.5 Å². The number of nitrogens with one attached hydrogen (secondary N) is 1. The molecule has 10 heteroatoms. The minimum atomic E-state index is -4.94. The molecule has 1 aromatic carbocycles. The number of carboxylic acid groups (broad SMARTS) is 1. The molecule has 20 heavy (non-hydrogen) atoms. The lowest BCUT2D eigenvalue weighted by Crippen LogP contribution is -2.26.